The van der Waals surface area contributed by atoms with Gasteiger partial charge < -0.3 is 9.42 Å². The molecular weight excluding hydrogens is 314 g/mol. The SMILES string of the molecule is Cc1cc(C(=O)N2CCC[C@H](Cc3cccc4cccnc34)C2)no1. The van der Waals surface area contributed by atoms with Crippen molar-refractivity contribution in [3.63, 3.8) is 0 Å². The molecule has 1 saturated heterocycles. The van der Waals surface area contributed by atoms with Gasteiger partial charge in [0.15, 0.2) is 5.69 Å². The number of para-hydroxylation sites is 1. The van der Waals surface area contributed by atoms with Crippen molar-refractivity contribution < 1.29 is 9.32 Å². The number of aryl methyl sites for hydroxylation is 1. The number of piperidine rings is 1. The van der Waals surface area contributed by atoms with Crippen LogP contribution in [0.25, 0.3) is 10.9 Å². The van der Waals surface area contributed by atoms with E-state index in [1.165, 1.54) is 10.9 Å². The minimum Gasteiger partial charge on any atom is -0.361 e. The van der Waals surface area contributed by atoms with E-state index in [9.17, 15) is 4.79 Å². The van der Waals surface area contributed by atoms with E-state index in [0.29, 0.717) is 17.4 Å². The van der Waals surface area contributed by atoms with Gasteiger partial charge in [-0.15, -0.1) is 0 Å². The molecule has 1 amide bonds. The number of hydrogen-bond donors (Lipinski definition) is 0. The number of aromatic nitrogens is 2. The summed E-state index contributed by atoms with van der Waals surface area (Å²) in [7, 11) is 0. The summed E-state index contributed by atoms with van der Waals surface area (Å²) in [6.45, 7) is 3.35. The number of amides is 1. The zero-order valence-electron chi connectivity index (χ0n) is 14.3. The third-order valence-electron chi connectivity index (χ3n) is 4.88. The first-order chi connectivity index (χ1) is 12.2. The van der Waals surface area contributed by atoms with E-state index in [1.54, 1.807) is 13.0 Å². The van der Waals surface area contributed by atoms with Gasteiger partial charge in [-0.05, 0) is 43.7 Å². The minimum absolute atomic E-state index is 0.0300. The van der Waals surface area contributed by atoms with Crippen LogP contribution in [0.4, 0.5) is 0 Å². The number of nitrogens with zero attached hydrogens (tertiary/aromatic N) is 3. The molecule has 0 unspecified atom stereocenters. The maximum Gasteiger partial charge on any atom is 0.276 e. The Labute approximate surface area is 146 Å². The summed E-state index contributed by atoms with van der Waals surface area (Å²) in [5.74, 6) is 1.08. The number of likely N-dealkylation sites (tertiary alicyclic amines) is 1. The highest BCUT2D eigenvalue weighted by Gasteiger charge is 2.26. The number of rotatable bonds is 3. The second-order valence-electron chi connectivity index (χ2n) is 6.78. The molecule has 1 aliphatic rings. The molecule has 4 rings (SSSR count). The number of fused-ring (bicyclic) bond motifs is 1. The summed E-state index contributed by atoms with van der Waals surface area (Å²) in [6, 6.07) is 12.1. The van der Waals surface area contributed by atoms with Gasteiger partial charge in [0.1, 0.15) is 5.76 Å². The van der Waals surface area contributed by atoms with E-state index in [4.69, 9.17) is 4.52 Å². The Morgan fingerprint density at radius 1 is 1.32 bits per heavy atom. The van der Waals surface area contributed by atoms with E-state index < -0.39 is 0 Å². The van der Waals surface area contributed by atoms with Gasteiger partial charge >= 0.3 is 0 Å². The van der Waals surface area contributed by atoms with E-state index in [1.807, 2.05) is 17.2 Å². The van der Waals surface area contributed by atoms with Crippen LogP contribution in [0.2, 0.25) is 0 Å². The van der Waals surface area contributed by atoms with Crippen LogP contribution in [-0.4, -0.2) is 34.0 Å². The lowest BCUT2D eigenvalue weighted by Gasteiger charge is -2.32. The topological polar surface area (TPSA) is 59.2 Å². The van der Waals surface area contributed by atoms with E-state index >= 15 is 0 Å². The zero-order valence-corrected chi connectivity index (χ0v) is 14.3. The Bertz CT molecular complexity index is 897. The highest BCUT2D eigenvalue weighted by Crippen LogP contribution is 2.25. The molecule has 1 aliphatic heterocycles. The summed E-state index contributed by atoms with van der Waals surface area (Å²) in [5.41, 5.74) is 2.74. The molecule has 128 valence electrons. The Morgan fingerprint density at radius 2 is 2.20 bits per heavy atom. The zero-order chi connectivity index (χ0) is 17.2. The van der Waals surface area contributed by atoms with Gasteiger partial charge in [0.05, 0.1) is 5.52 Å². The molecular formula is C20H21N3O2. The first-order valence-corrected chi connectivity index (χ1v) is 8.76. The van der Waals surface area contributed by atoms with Crippen molar-refractivity contribution in [3.05, 3.63) is 59.6 Å². The molecule has 25 heavy (non-hydrogen) atoms. The molecule has 5 heteroatoms. The number of carbonyl (C=O) groups excluding carboxylic acids is 1. The molecule has 2 aromatic heterocycles. The Balaban J connectivity index is 1.50. The fraction of sp³-hybridized carbons (Fsp3) is 0.350. The Hall–Kier alpha value is -2.69. The molecule has 5 nitrogen and oxygen atoms in total. The quantitative estimate of drug-likeness (QED) is 0.733. The summed E-state index contributed by atoms with van der Waals surface area (Å²) in [4.78, 5) is 19.1. The van der Waals surface area contributed by atoms with Crippen LogP contribution in [0.1, 0.15) is 34.7 Å². The van der Waals surface area contributed by atoms with Crippen molar-refractivity contribution in [1.29, 1.82) is 0 Å². The molecule has 0 radical (unpaired) electrons. The van der Waals surface area contributed by atoms with Crippen molar-refractivity contribution >= 4 is 16.8 Å². The van der Waals surface area contributed by atoms with E-state index in [-0.39, 0.29) is 5.91 Å². The van der Waals surface area contributed by atoms with Gasteiger partial charge in [-0.3, -0.25) is 9.78 Å². The van der Waals surface area contributed by atoms with Crippen LogP contribution in [0, 0.1) is 12.8 Å². The largest absolute Gasteiger partial charge is 0.361 e. The van der Waals surface area contributed by atoms with Gasteiger partial charge in [-0.1, -0.05) is 29.4 Å². The third kappa shape index (κ3) is 3.27. The molecule has 0 spiro atoms. The number of hydrogen-bond acceptors (Lipinski definition) is 4. The maximum absolute atomic E-state index is 12.6. The summed E-state index contributed by atoms with van der Waals surface area (Å²) in [5, 5.41) is 5.03. The lowest BCUT2D eigenvalue weighted by molar-refractivity contribution is 0.0663. The normalized spacial score (nSPS) is 17.8. The molecule has 1 atom stereocenters. The highest BCUT2D eigenvalue weighted by molar-refractivity contribution is 5.92. The highest BCUT2D eigenvalue weighted by atomic mass is 16.5. The van der Waals surface area contributed by atoms with Crippen LogP contribution in [-0.2, 0) is 6.42 Å². The summed E-state index contributed by atoms with van der Waals surface area (Å²) < 4.78 is 5.04. The smallest absolute Gasteiger partial charge is 0.276 e. The predicted molar refractivity (Wildman–Crippen MR) is 95.3 cm³/mol. The average Bonchev–Trinajstić information content (AvgIpc) is 3.08. The fourth-order valence-electron chi connectivity index (χ4n) is 3.69. The van der Waals surface area contributed by atoms with Crippen molar-refractivity contribution in [2.75, 3.05) is 13.1 Å². The van der Waals surface area contributed by atoms with Crippen LogP contribution >= 0.6 is 0 Å². The third-order valence-corrected chi connectivity index (χ3v) is 4.88. The van der Waals surface area contributed by atoms with Crippen molar-refractivity contribution in [2.45, 2.75) is 26.2 Å². The Morgan fingerprint density at radius 3 is 3.04 bits per heavy atom. The van der Waals surface area contributed by atoms with E-state index in [0.717, 1.165) is 37.9 Å². The molecule has 0 saturated carbocycles. The molecule has 3 heterocycles. The second kappa shape index (κ2) is 6.67. The molecule has 3 aromatic rings. The maximum atomic E-state index is 12.6. The number of pyridine rings is 1. The predicted octanol–water partition coefficient (Wildman–Crippen LogP) is 3.63. The van der Waals surface area contributed by atoms with Crippen molar-refractivity contribution in [1.82, 2.24) is 15.0 Å². The Kier molecular flexibility index (Phi) is 4.22. The minimum atomic E-state index is -0.0300. The van der Waals surface area contributed by atoms with Crippen molar-refractivity contribution in [2.24, 2.45) is 5.92 Å². The lowest BCUT2D eigenvalue weighted by Crippen LogP contribution is -2.40. The van der Waals surface area contributed by atoms with Crippen molar-refractivity contribution in [3.8, 4) is 0 Å². The molecule has 1 fully saturated rings. The summed E-state index contributed by atoms with van der Waals surface area (Å²) in [6.07, 6.45) is 4.93. The first-order valence-electron chi connectivity index (χ1n) is 8.76. The van der Waals surface area contributed by atoms with Crippen LogP contribution in [0.5, 0.6) is 0 Å². The molecule has 1 aromatic carbocycles. The number of benzene rings is 1. The molecule has 0 N–H and O–H groups in total. The van der Waals surface area contributed by atoms with Gasteiger partial charge in [-0.25, -0.2) is 0 Å². The second-order valence-corrected chi connectivity index (χ2v) is 6.78. The fourth-order valence-corrected chi connectivity index (χ4v) is 3.69. The van der Waals surface area contributed by atoms with E-state index in [2.05, 4.69) is 34.4 Å². The monoisotopic (exact) mass is 335 g/mol. The molecule has 0 bridgehead atoms. The van der Waals surface area contributed by atoms with Gasteiger partial charge in [-0.2, -0.15) is 0 Å². The standard InChI is InChI=1S/C20H21N3O2/c1-14-11-18(22-25-14)20(24)23-10-4-5-15(13-23)12-17-7-2-6-16-8-3-9-21-19(16)17/h2-3,6-9,11,15H,4-5,10,12-13H2,1H3/t15-/m1/s1. The first kappa shape index (κ1) is 15.8. The summed E-state index contributed by atoms with van der Waals surface area (Å²) >= 11 is 0. The lowest BCUT2D eigenvalue weighted by atomic mass is 9.90. The number of carbonyl (C=O) groups is 1. The average molecular weight is 335 g/mol. The molecule has 0 aliphatic carbocycles. The van der Waals surface area contributed by atoms with Gasteiger partial charge in [0, 0.05) is 30.7 Å². The van der Waals surface area contributed by atoms with Crippen LogP contribution < -0.4 is 0 Å². The van der Waals surface area contributed by atoms with Crippen LogP contribution in [0.15, 0.2) is 47.1 Å². The van der Waals surface area contributed by atoms with Crippen LogP contribution in [0.3, 0.4) is 0 Å². The van der Waals surface area contributed by atoms with Gasteiger partial charge in [0.2, 0.25) is 0 Å². The van der Waals surface area contributed by atoms with Gasteiger partial charge in [0.25, 0.3) is 5.91 Å².